The molecule has 1 unspecified atom stereocenters. The fourth-order valence-corrected chi connectivity index (χ4v) is 4.43. The van der Waals surface area contributed by atoms with Crippen molar-refractivity contribution in [3.8, 4) is 17.4 Å². The van der Waals surface area contributed by atoms with Crippen LogP contribution in [-0.4, -0.2) is 60.4 Å². The van der Waals surface area contributed by atoms with Gasteiger partial charge in [-0.25, -0.2) is 4.98 Å². The Morgan fingerprint density at radius 3 is 2.74 bits per heavy atom. The van der Waals surface area contributed by atoms with Crippen molar-refractivity contribution in [2.75, 3.05) is 44.3 Å². The van der Waals surface area contributed by atoms with Gasteiger partial charge < -0.3 is 19.1 Å². The summed E-state index contributed by atoms with van der Waals surface area (Å²) in [7, 11) is 0. The number of hydrogen-bond donors (Lipinski definition) is 0. The summed E-state index contributed by atoms with van der Waals surface area (Å²) in [5.41, 5.74) is 1.16. The van der Waals surface area contributed by atoms with Gasteiger partial charge in [0.2, 0.25) is 11.8 Å². The van der Waals surface area contributed by atoms with Crippen LogP contribution in [0.25, 0.3) is 0 Å². The molecule has 0 bridgehead atoms. The molecule has 0 N–H and O–H groups in total. The Kier molecular flexibility index (Phi) is 7.23. The molecule has 0 radical (unpaired) electrons. The Labute approximate surface area is 209 Å². The molecule has 0 spiro atoms. The zero-order valence-electron chi connectivity index (χ0n) is 18.7. The molecule has 9 heteroatoms. The summed E-state index contributed by atoms with van der Waals surface area (Å²) >= 11 is 12.2. The summed E-state index contributed by atoms with van der Waals surface area (Å²) in [5.74, 6) is 2.71. The van der Waals surface area contributed by atoms with E-state index in [1.54, 1.807) is 12.3 Å². The predicted octanol–water partition coefficient (Wildman–Crippen LogP) is 4.71. The second kappa shape index (κ2) is 10.7. The van der Waals surface area contributed by atoms with Crippen LogP contribution < -0.4 is 19.1 Å². The number of ether oxygens (including phenoxy) is 3. The van der Waals surface area contributed by atoms with E-state index in [9.17, 15) is 0 Å². The fraction of sp³-hybridized carbons (Fsp3) is 0.360. The molecular formula is C25H26Cl2N4O3. The van der Waals surface area contributed by atoms with Gasteiger partial charge in [0.15, 0.2) is 17.6 Å². The molecule has 2 aromatic carbocycles. The molecule has 1 aromatic heterocycles. The lowest BCUT2D eigenvalue weighted by atomic mass is 10.2. The molecule has 0 aliphatic carbocycles. The smallest absolute Gasteiger partial charge is 0.228 e. The van der Waals surface area contributed by atoms with Crippen LogP contribution in [-0.2, 0) is 6.54 Å². The van der Waals surface area contributed by atoms with Gasteiger partial charge in [-0.1, -0.05) is 41.4 Å². The molecule has 2 aliphatic heterocycles. The minimum absolute atomic E-state index is 0.193. The van der Waals surface area contributed by atoms with Gasteiger partial charge in [0.05, 0.1) is 10.0 Å². The van der Waals surface area contributed by atoms with Gasteiger partial charge in [-0.2, -0.15) is 4.98 Å². The van der Waals surface area contributed by atoms with Gasteiger partial charge in [-0.05, 0) is 36.2 Å². The van der Waals surface area contributed by atoms with E-state index in [0.717, 1.165) is 56.2 Å². The Bertz CT molecular complexity index is 1130. The maximum atomic E-state index is 6.18. The molecule has 1 saturated heterocycles. The number of halogens is 2. The van der Waals surface area contributed by atoms with Crippen molar-refractivity contribution in [3.63, 3.8) is 0 Å². The van der Waals surface area contributed by atoms with Crippen LogP contribution in [0.3, 0.4) is 0 Å². The largest absolute Gasteiger partial charge is 0.486 e. The molecule has 0 amide bonds. The first-order valence-electron chi connectivity index (χ1n) is 11.4. The normalized spacial score (nSPS) is 18.4. The van der Waals surface area contributed by atoms with Gasteiger partial charge in [-0.3, -0.25) is 4.90 Å². The SMILES string of the molecule is Clc1ccc(CN2CCCN(c3nccc(OCC4COc5ccccc5O4)n3)CC2)cc1Cl. The van der Waals surface area contributed by atoms with Crippen molar-refractivity contribution in [2.24, 2.45) is 0 Å². The van der Waals surface area contributed by atoms with Gasteiger partial charge in [0, 0.05) is 45.0 Å². The Balaban J connectivity index is 1.15. The monoisotopic (exact) mass is 500 g/mol. The number of aromatic nitrogens is 2. The summed E-state index contributed by atoms with van der Waals surface area (Å²) in [6.07, 6.45) is 2.56. The number of fused-ring (bicyclic) bond motifs is 1. The molecule has 1 atom stereocenters. The Morgan fingerprint density at radius 2 is 1.85 bits per heavy atom. The maximum absolute atomic E-state index is 6.18. The van der Waals surface area contributed by atoms with Crippen molar-refractivity contribution in [2.45, 2.75) is 19.1 Å². The molecule has 1 fully saturated rings. The number of para-hydroxylation sites is 2. The van der Waals surface area contributed by atoms with E-state index in [1.807, 2.05) is 42.5 Å². The standard InChI is InChI=1S/C25H26Cl2N4O3/c26-20-7-6-18(14-21(20)27)15-30-10-3-11-31(13-12-30)25-28-9-8-24(29-25)33-17-19-16-32-22-4-1-2-5-23(22)34-19/h1-2,4-9,14,19H,3,10-13,15-17H2. The molecule has 2 aliphatic rings. The van der Waals surface area contributed by atoms with E-state index in [1.165, 1.54) is 0 Å². The van der Waals surface area contributed by atoms with Crippen LogP contribution in [0.4, 0.5) is 5.95 Å². The first kappa shape index (κ1) is 23.0. The Morgan fingerprint density at radius 1 is 0.971 bits per heavy atom. The highest BCUT2D eigenvalue weighted by Gasteiger charge is 2.22. The summed E-state index contributed by atoms with van der Waals surface area (Å²) in [6, 6.07) is 15.2. The lowest BCUT2D eigenvalue weighted by molar-refractivity contribution is 0.0522. The van der Waals surface area contributed by atoms with E-state index in [4.69, 9.17) is 37.4 Å². The molecule has 5 rings (SSSR count). The van der Waals surface area contributed by atoms with Crippen molar-refractivity contribution in [1.29, 1.82) is 0 Å². The van der Waals surface area contributed by atoms with E-state index in [-0.39, 0.29) is 6.10 Å². The lowest BCUT2D eigenvalue weighted by Crippen LogP contribution is -2.34. The highest BCUT2D eigenvalue weighted by molar-refractivity contribution is 6.42. The quantitative estimate of drug-likeness (QED) is 0.485. The third-order valence-electron chi connectivity index (χ3n) is 5.86. The van der Waals surface area contributed by atoms with E-state index in [2.05, 4.69) is 19.8 Å². The fourth-order valence-electron chi connectivity index (χ4n) is 4.11. The Hall–Kier alpha value is -2.74. The molecule has 7 nitrogen and oxygen atoms in total. The molecular weight excluding hydrogens is 475 g/mol. The van der Waals surface area contributed by atoms with Crippen molar-refractivity contribution in [1.82, 2.24) is 14.9 Å². The first-order chi connectivity index (χ1) is 16.6. The second-order valence-electron chi connectivity index (χ2n) is 8.37. The third kappa shape index (κ3) is 5.66. The minimum Gasteiger partial charge on any atom is -0.486 e. The van der Waals surface area contributed by atoms with Crippen molar-refractivity contribution < 1.29 is 14.2 Å². The van der Waals surface area contributed by atoms with Crippen LogP contribution in [0.1, 0.15) is 12.0 Å². The second-order valence-corrected chi connectivity index (χ2v) is 9.18. The highest BCUT2D eigenvalue weighted by Crippen LogP contribution is 2.31. The van der Waals surface area contributed by atoms with Crippen molar-refractivity contribution >= 4 is 29.2 Å². The van der Waals surface area contributed by atoms with Crippen LogP contribution >= 0.6 is 23.2 Å². The van der Waals surface area contributed by atoms with Crippen LogP contribution in [0, 0.1) is 0 Å². The average molecular weight is 501 g/mol. The van der Waals surface area contributed by atoms with Crippen LogP contribution in [0.2, 0.25) is 10.0 Å². The number of hydrogen-bond acceptors (Lipinski definition) is 7. The van der Waals surface area contributed by atoms with E-state index in [0.29, 0.717) is 35.1 Å². The van der Waals surface area contributed by atoms with Crippen LogP contribution in [0.15, 0.2) is 54.7 Å². The topological polar surface area (TPSA) is 60.0 Å². The lowest BCUT2D eigenvalue weighted by Gasteiger charge is -2.26. The third-order valence-corrected chi connectivity index (χ3v) is 6.60. The molecule has 3 heterocycles. The molecule has 178 valence electrons. The van der Waals surface area contributed by atoms with Gasteiger partial charge in [0.1, 0.15) is 13.2 Å². The zero-order valence-corrected chi connectivity index (χ0v) is 20.2. The van der Waals surface area contributed by atoms with E-state index >= 15 is 0 Å². The summed E-state index contributed by atoms with van der Waals surface area (Å²) in [4.78, 5) is 13.8. The van der Waals surface area contributed by atoms with Gasteiger partial charge in [0.25, 0.3) is 0 Å². The molecule has 3 aromatic rings. The van der Waals surface area contributed by atoms with Crippen LogP contribution in [0.5, 0.6) is 17.4 Å². The highest BCUT2D eigenvalue weighted by atomic mass is 35.5. The summed E-state index contributed by atoms with van der Waals surface area (Å²) in [6.45, 7) is 5.24. The van der Waals surface area contributed by atoms with E-state index < -0.39 is 0 Å². The average Bonchev–Trinajstić information content (AvgIpc) is 3.11. The maximum Gasteiger partial charge on any atom is 0.228 e. The summed E-state index contributed by atoms with van der Waals surface area (Å²) in [5, 5.41) is 1.18. The van der Waals surface area contributed by atoms with Gasteiger partial charge in [-0.15, -0.1) is 0 Å². The number of anilines is 1. The number of rotatable bonds is 6. The summed E-state index contributed by atoms with van der Waals surface area (Å²) < 4.78 is 17.7. The minimum atomic E-state index is -0.193. The van der Waals surface area contributed by atoms with Crippen molar-refractivity contribution in [3.05, 3.63) is 70.3 Å². The molecule has 34 heavy (non-hydrogen) atoms. The predicted molar refractivity (Wildman–Crippen MR) is 132 cm³/mol. The zero-order chi connectivity index (χ0) is 23.3. The van der Waals surface area contributed by atoms with Gasteiger partial charge >= 0.3 is 0 Å². The number of nitrogens with zero attached hydrogens (tertiary/aromatic N) is 4. The first-order valence-corrected chi connectivity index (χ1v) is 12.2. The number of benzene rings is 2. The molecule has 0 saturated carbocycles.